The molecule has 1 amide bonds. The van der Waals surface area contributed by atoms with Crippen LogP contribution in [0.15, 0.2) is 64.4 Å². The summed E-state index contributed by atoms with van der Waals surface area (Å²) in [4.78, 5) is 17.3. The van der Waals surface area contributed by atoms with E-state index >= 15 is 0 Å². The van der Waals surface area contributed by atoms with Crippen LogP contribution in [0.2, 0.25) is 0 Å². The fraction of sp³-hybridized carbons (Fsp3) is 0.150. The smallest absolute Gasteiger partial charge is 0.230 e. The standard InChI is InChI=1S/C20H16N4O2S/c25-19(11-16-14-6-2-4-8-18(14)26-23-16)21-15-7-3-1-5-13(15)17-12-24-9-10-27-20(24)22-17/h1-8,12H,9-11H2,(H,21,25). The molecule has 0 fully saturated rings. The highest BCUT2D eigenvalue weighted by Crippen LogP contribution is 2.32. The van der Waals surface area contributed by atoms with Gasteiger partial charge in [-0.1, -0.05) is 47.3 Å². The van der Waals surface area contributed by atoms with Gasteiger partial charge in [0, 0.05) is 29.4 Å². The number of hydrogen-bond acceptors (Lipinski definition) is 5. The normalized spacial score (nSPS) is 13.0. The molecule has 134 valence electrons. The molecule has 1 aliphatic heterocycles. The van der Waals surface area contributed by atoms with Crippen LogP contribution in [0.3, 0.4) is 0 Å². The van der Waals surface area contributed by atoms with E-state index in [-0.39, 0.29) is 12.3 Å². The zero-order valence-electron chi connectivity index (χ0n) is 14.4. The Labute approximate surface area is 159 Å². The van der Waals surface area contributed by atoms with Crippen molar-refractivity contribution in [2.75, 3.05) is 11.1 Å². The molecule has 1 aliphatic rings. The summed E-state index contributed by atoms with van der Waals surface area (Å²) in [6.45, 7) is 0.973. The van der Waals surface area contributed by atoms with Gasteiger partial charge in [-0.05, 0) is 18.2 Å². The summed E-state index contributed by atoms with van der Waals surface area (Å²) in [6.07, 6.45) is 2.20. The number of nitrogens with zero attached hydrogens (tertiary/aromatic N) is 3. The van der Waals surface area contributed by atoms with Crippen LogP contribution in [0.25, 0.3) is 22.2 Å². The van der Waals surface area contributed by atoms with Crippen LogP contribution in [0, 0.1) is 0 Å². The molecule has 3 heterocycles. The largest absolute Gasteiger partial charge is 0.356 e. The second-order valence-corrected chi connectivity index (χ2v) is 7.41. The zero-order chi connectivity index (χ0) is 18.2. The van der Waals surface area contributed by atoms with Crippen molar-refractivity contribution in [1.29, 1.82) is 0 Å². The molecule has 7 heteroatoms. The summed E-state index contributed by atoms with van der Waals surface area (Å²) >= 11 is 1.75. The maximum absolute atomic E-state index is 12.6. The van der Waals surface area contributed by atoms with E-state index in [2.05, 4.69) is 15.0 Å². The van der Waals surface area contributed by atoms with Gasteiger partial charge in [0.2, 0.25) is 5.91 Å². The van der Waals surface area contributed by atoms with Crippen LogP contribution in [-0.4, -0.2) is 26.4 Å². The van der Waals surface area contributed by atoms with Gasteiger partial charge in [-0.15, -0.1) is 0 Å². The van der Waals surface area contributed by atoms with E-state index in [1.54, 1.807) is 11.8 Å². The lowest BCUT2D eigenvalue weighted by atomic mass is 10.1. The maximum Gasteiger partial charge on any atom is 0.230 e. The molecule has 4 aromatic rings. The molecule has 0 unspecified atom stereocenters. The summed E-state index contributed by atoms with van der Waals surface area (Å²) in [7, 11) is 0. The molecule has 0 bridgehead atoms. The Morgan fingerprint density at radius 2 is 2.04 bits per heavy atom. The Bertz CT molecular complexity index is 1130. The SMILES string of the molecule is O=C(Cc1noc2ccccc12)Nc1ccccc1-c1cn2c(n1)SCC2. The van der Waals surface area contributed by atoms with Gasteiger partial charge in [-0.25, -0.2) is 4.98 Å². The van der Waals surface area contributed by atoms with Gasteiger partial charge in [-0.3, -0.25) is 4.79 Å². The third-order valence-corrected chi connectivity index (χ3v) is 5.53. The third kappa shape index (κ3) is 3.00. The molecule has 0 radical (unpaired) electrons. The van der Waals surface area contributed by atoms with Crippen LogP contribution in [-0.2, 0) is 17.8 Å². The highest BCUT2D eigenvalue weighted by molar-refractivity contribution is 7.99. The monoisotopic (exact) mass is 376 g/mol. The fourth-order valence-corrected chi connectivity index (χ4v) is 4.21. The number of thioether (sulfide) groups is 1. The van der Waals surface area contributed by atoms with E-state index in [9.17, 15) is 4.79 Å². The molecule has 6 nitrogen and oxygen atoms in total. The molecular formula is C20H16N4O2S. The van der Waals surface area contributed by atoms with E-state index in [4.69, 9.17) is 9.51 Å². The van der Waals surface area contributed by atoms with Gasteiger partial charge in [0.05, 0.1) is 17.8 Å². The van der Waals surface area contributed by atoms with Crippen molar-refractivity contribution in [3.8, 4) is 11.3 Å². The first-order valence-electron chi connectivity index (χ1n) is 8.70. The lowest BCUT2D eigenvalue weighted by Crippen LogP contribution is -2.15. The predicted molar refractivity (Wildman–Crippen MR) is 105 cm³/mol. The number of carbonyl (C=O) groups excluding carboxylic acids is 1. The van der Waals surface area contributed by atoms with Gasteiger partial charge in [0.15, 0.2) is 10.7 Å². The van der Waals surface area contributed by atoms with E-state index in [0.29, 0.717) is 11.3 Å². The van der Waals surface area contributed by atoms with Crippen molar-refractivity contribution in [2.45, 2.75) is 18.1 Å². The number of aromatic nitrogens is 3. The minimum atomic E-state index is -0.136. The Morgan fingerprint density at radius 3 is 2.96 bits per heavy atom. The zero-order valence-corrected chi connectivity index (χ0v) is 15.2. The molecular weight excluding hydrogens is 360 g/mol. The van der Waals surface area contributed by atoms with Crippen molar-refractivity contribution >= 4 is 34.3 Å². The third-order valence-electron chi connectivity index (χ3n) is 4.56. The van der Waals surface area contributed by atoms with Gasteiger partial charge < -0.3 is 14.4 Å². The molecule has 2 aromatic heterocycles. The number of para-hydroxylation sites is 2. The minimum Gasteiger partial charge on any atom is -0.356 e. The van der Waals surface area contributed by atoms with E-state index < -0.39 is 0 Å². The first-order chi connectivity index (χ1) is 13.3. The van der Waals surface area contributed by atoms with Gasteiger partial charge in [0.1, 0.15) is 5.69 Å². The molecule has 0 atom stereocenters. The van der Waals surface area contributed by atoms with Crippen LogP contribution in [0.5, 0.6) is 0 Å². The molecule has 0 saturated heterocycles. The number of imidazole rings is 1. The summed E-state index contributed by atoms with van der Waals surface area (Å²) < 4.78 is 7.44. The average molecular weight is 376 g/mol. The predicted octanol–water partition coefficient (Wildman–Crippen LogP) is 3.98. The number of amides is 1. The minimum absolute atomic E-state index is 0.136. The molecule has 0 saturated carbocycles. The molecule has 0 spiro atoms. The topological polar surface area (TPSA) is 73.0 Å². The van der Waals surface area contributed by atoms with Crippen LogP contribution < -0.4 is 5.32 Å². The van der Waals surface area contributed by atoms with Crippen molar-refractivity contribution in [1.82, 2.24) is 14.7 Å². The second-order valence-electron chi connectivity index (χ2n) is 6.35. The van der Waals surface area contributed by atoms with Gasteiger partial charge in [0.25, 0.3) is 0 Å². The first kappa shape index (κ1) is 16.1. The average Bonchev–Trinajstić information content (AvgIpc) is 3.37. The number of fused-ring (bicyclic) bond motifs is 2. The highest BCUT2D eigenvalue weighted by Gasteiger charge is 2.18. The lowest BCUT2D eigenvalue weighted by molar-refractivity contribution is -0.115. The van der Waals surface area contributed by atoms with Gasteiger partial charge >= 0.3 is 0 Å². The van der Waals surface area contributed by atoms with Gasteiger partial charge in [-0.2, -0.15) is 0 Å². The lowest BCUT2D eigenvalue weighted by Gasteiger charge is -2.09. The summed E-state index contributed by atoms with van der Waals surface area (Å²) in [5.41, 5.74) is 3.86. The van der Waals surface area contributed by atoms with E-state index in [1.165, 1.54) is 0 Å². The molecule has 2 aromatic carbocycles. The Hall–Kier alpha value is -3.06. The van der Waals surface area contributed by atoms with Crippen molar-refractivity contribution in [2.24, 2.45) is 0 Å². The first-order valence-corrected chi connectivity index (χ1v) is 9.69. The summed E-state index contributed by atoms with van der Waals surface area (Å²) in [5, 5.41) is 8.93. The maximum atomic E-state index is 12.6. The number of benzene rings is 2. The summed E-state index contributed by atoms with van der Waals surface area (Å²) in [6, 6.07) is 15.3. The number of carbonyl (C=O) groups is 1. The number of rotatable bonds is 4. The van der Waals surface area contributed by atoms with E-state index in [0.717, 1.165) is 39.8 Å². The van der Waals surface area contributed by atoms with Crippen molar-refractivity contribution in [3.63, 3.8) is 0 Å². The summed E-state index contributed by atoms with van der Waals surface area (Å²) in [5.74, 6) is 0.926. The number of anilines is 1. The molecule has 27 heavy (non-hydrogen) atoms. The Kier molecular flexibility index (Phi) is 3.94. The second kappa shape index (κ2) is 6.59. The quantitative estimate of drug-likeness (QED) is 0.583. The Morgan fingerprint density at radius 1 is 1.19 bits per heavy atom. The molecule has 5 rings (SSSR count). The number of nitrogens with one attached hydrogen (secondary N) is 1. The van der Waals surface area contributed by atoms with Crippen LogP contribution in [0.1, 0.15) is 5.69 Å². The molecule has 0 aliphatic carbocycles. The number of aryl methyl sites for hydroxylation is 1. The number of hydrogen-bond donors (Lipinski definition) is 1. The van der Waals surface area contributed by atoms with Crippen molar-refractivity contribution in [3.05, 3.63) is 60.4 Å². The van der Waals surface area contributed by atoms with E-state index in [1.807, 2.05) is 54.7 Å². The highest BCUT2D eigenvalue weighted by atomic mass is 32.2. The van der Waals surface area contributed by atoms with Crippen LogP contribution in [0.4, 0.5) is 5.69 Å². The molecule has 1 N–H and O–H groups in total. The van der Waals surface area contributed by atoms with Crippen molar-refractivity contribution < 1.29 is 9.32 Å². The van der Waals surface area contributed by atoms with Crippen LogP contribution >= 0.6 is 11.8 Å². The fourth-order valence-electron chi connectivity index (χ4n) is 3.27. The Balaban J connectivity index is 1.40.